The predicted octanol–water partition coefficient (Wildman–Crippen LogP) is 5.99. The zero-order valence-corrected chi connectivity index (χ0v) is 21.7. The molecule has 0 spiro atoms. The van der Waals surface area contributed by atoms with Gasteiger partial charge < -0.3 is 10.1 Å². The number of aromatic nitrogens is 2. The Morgan fingerprint density at radius 2 is 2.00 bits per heavy atom. The summed E-state index contributed by atoms with van der Waals surface area (Å²) in [6.45, 7) is 13.5. The second-order valence-electron chi connectivity index (χ2n) is 10.6. The van der Waals surface area contributed by atoms with Crippen LogP contribution in [0.1, 0.15) is 66.8 Å². The number of methoxy groups -OCH3 is 1. The number of aryl methyl sites for hydroxylation is 2. The standard InChI is InChI=1S/C27H35N3O2S/c1-16(2)12-19-13-21-18(14-22(19)32-7)9-10-20-24(26(31)28-15-27(4,5)6)29-25(30(20)21)23-11-8-17(3)33-23/h8,11,13-14,16H,9-10,12,15H2,1-7H3,(H,28,31). The van der Waals surface area contributed by atoms with E-state index in [1.165, 1.54) is 16.0 Å². The third-order valence-electron chi connectivity index (χ3n) is 5.91. The van der Waals surface area contributed by atoms with Gasteiger partial charge in [0, 0.05) is 11.4 Å². The summed E-state index contributed by atoms with van der Waals surface area (Å²) in [7, 11) is 1.74. The highest BCUT2D eigenvalue weighted by Crippen LogP contribution is 2.38. The number of hydrogen-bond acceptors (Lipinski definition) is 4. The lowest BCUT2D eigenvalue weighted by molar-refractivity contribution is 0.0933. The van der Waals surface area contributed by atoms with E-state index in [0.29, 0.717) is 18.2 Å². The van der Waals surface area contributed by atoms with Gasteiger partial charge in [-0.25, -0.2) is 4.98 Å². The van der Waals surface area contributed by atoms with E-state index in [0.717, 1.165) is 47.1 Å². The first kappa shape index (κ1) is 23.6. The summed E-state index contributed by atoms with van der Waals surface area (Å²) in [5.41, 5.74) is 5.11. The van der Waals surface area contributed by atoms with Crippen molar-refractivity contribution in [1.29, 1.82) is 0 Å². The highest BCUT2D eigenvalue weighted by Gasteiger charge is 2.30. The Hall–Kier alpha value is -2.60. The van der Waals surface area contributed by atoms with Gasteiger partial charge in [-0.05, 0) is 72.9 Å². The third-order valence-corrected chi connectivity index (χ3v) is 6.91. The Morgan fingerprint density at radius 3 is 2.61 bits per heavy atom. The number of carbonyl (C=O) groups is 1. The molecule has 0 unspecified atom stereocenters. The molecule has 1 amide bonds. The maximum atomic E-state index is 13.2. The fourth-order valence-electron chi connectivity index (χ4n) is 4.38. The molecular formula is C27H35N3O2S. The zero-order valence-electron chi connectivity index (χ0n) is 20.8. The van der Waals surface area contributed by atoms with E-state index < -0.39 is 0 Å². The number of ether oxygens (including phenoxy) is 1. The summed E-state index contributed by atoms with van der Waals surface area (Å²) in [4.78, 5) is 20.5. The summed E-state index contributed by atoms with van der Waals surface area (Å²) in [6, 6.07) is 8.65. The van der Waals surface area contributed by atoms with Gasteiger partial charge >= 0.3 is 0 Å². The van der Waals surface area contributed by atoms with Crippen molar-refractivity contribution in [2.45, 2.75) is 60.8 Å². The molecule has 5 nitrogen and oxygen atoms in total. The van der Waals surface area contributed by atoms with Crippen LogP contribution in [0.3, 0.4) is 0 Å². The molecule has 2 aromatic heterocycles. The number of amides is 1. The minimum Gasteiger partial charge on any atom is -0.496 e. The number of thiophene rings is 1. The molecule has 6 heteroatoms. The lowest BCUT2D eigenvalue weighted by Crippen LogP contribution is -2.33. The molecule has 4 rings (SSSR count). The first-order chi connectivity index (χ1) is 15.6. The van der Waals surface area contributed by atoms with Gasteiger partial charge in [0.2, 0.25) is 0 Å². The van der Waals surface area contributed by atoms with Gasteiger partial charge in [0.25, 0.3) is 5.91 Å². The third kappa shape index (κ3) is 4.86. The minimum absolute atomic E-state index is 0.0120. The Bertz CT molecular complexity index is 1180. The summed E-state index contributed by atoms with van der Waals surface area (Å²) >= 11 is 1.71. The molecule has 1 aromatic carbocycles. The number of hydrogen-bond donors (Lipinski definition) is 1. The molecule has 3 heterocycles. The Labute approximate surface area is 201 Å². The van der Waals surface area contributed by atoms with Gasteiger partial charge in [0.1, 0.15) is 11.4 Å². The van der Waals surface area contributed by atoms with Gasteiger partial charge in [-0.2, -0.15) is 0 Å². The molecule has 0 saturated carbocycles. The molecule has 0 atom stereocenters. The van der Waals surface area contributed by atoms with Crippen molar-refractivity contribution in [2.24, 2.45) is 11.3 Å². The average molecular weight is 466 g/mol. The molecule has 0 fully saturated rings. The van der Waals surface area contributed by atoms with E-state index in [1.807, 2.05) is 0 Å². The Morgan fingerprint density at radius 1 is 1.24 bits per heavy atom. The van der Waals surface area contributed by atoms with E-state index >= 15 is 0 Å². The van der Waals surface area contributed by atoms with E-state index in [1.54, 1.807) is 18.4 Å². The lowest BCUT2D eigenvalue weighted by atomic mass is 9.94. The molecule has 0 aliphatic carbocycles. The number of fused-ring (bicyclic) bond motifs is 3. The van der Waals surface area contributed by atoms with E-state index in [2.05, 4.69) is 75.7 Å². The summed E-state index contributed by atoms with van der Waals surface area (Å²) in [6.07, 6.45) is 2.57. The van der Waals surface area contributed by atoms with Crippen molar-refractivity contribution in [1.82, 2.24) is 14.9 Å². The van der Waals surface area contributed by atoms with Gasteiger partial charge in [-0.3, -0.25) is 9.36 Å². The topological polar surface area (TPSA) is 56.2 Å². The maximum absolute atomic E-state index is 13.2. The second kappa shape index (κ2) is 8.98. The van der Waals surface area contributed by atoms with Crippen molar-refractivity contribution >= 4 is 17.2 Å². The molecule has 0 saturated heterocycles. The molecule has 3 aromatic rings. The quantitative estimate of drug-likeness (QED) is 0.486. The van der Waals surface area contributed by atoms with Crippen molar-refractivity contribution in [2.75, 3.05) is 13.7 Å². The van der Waals surface area contributed by atoms with E-state index in [4.69, 9.17) is 9.72 Å². The number of benzene rings is 1. The van der Waals surface area contributed by atoms with Gasteiger partial charge in [0.15, 0.2) is 5.82 Å². The summed E-state index contributed by atoms with van der Waals surface area (Å²) in [5, 5.41) is 3.11. The SMILES string of the molecule is COc1cc2c(cc1CC(C)C)-n1c(-c3ccc(C)s3)nc(C(=O)NCC(C)(C)C)c1CC2. The summed E-state index contributed by atoms with van der Waals surface area (Å²) in [5.74, 6) is 2.22. The zero-order chi connectivity index (χ0) is 23.9. The number of nitrogens with zero attached hydrogens (tertiary/aromatic N) is 2. The predicted molar refractivity (Wildman–Crippen MR) is 136 cm³/mol. The van der Waals surface area contributed by atoms with Crippen LogP contribution in [0.4, 0.5) is 0 Å². The molecule has 176 valence electrons. The van der Waals surface area contributed by atoms with Crippen molar-refractivity contribution in [3.8, 4) is 22.1 Å². The first-order valence-corrected chi connectivity index (χ1v) is 12.6. The normalized spacial score (nSPS) is 13.1. The number of carbonyl (C=O) groups excluding carboxylic acids is 1. The molecular weight excluding hydrogens is 430 g/mol. The van der Waals surface area contributed by atoms with Crippen LogP contribution >= 0.6 is 11.3 Å². The smallest absolute Gasteiger partial charge is 0.271 e. The number of nitrogens with one attached hydrogen (secondary N) is 1. The molecule has 0 bridgehead atoms. The van der Waals surface area contributed by atoms with Crippen LogP contribution in [0, 0.1) is 18.3 Å². The highest BCUT2D eigenvalue weighted by molar-refractivity contribution is 7.15. The van der Waals surface area contributed by atoms with Crippen LogP contribution in [0.2, 0.25) is 0 Å². The average Bonchev–Trinajstić information content (AvgIpc) is 3.34. The monoisotopic (exact) mass is 465 g/mol. The van der Waals surface area contributed by atoms with Crippen molar-refractivity contribution in [3.63, 3.8) is 0 Å². The minimum atomic E-state index is -0.0902. The first-order valence-electron chi connectivity index (χ1n) is 11.7. The Balaban J connectivity index is 1.88. The molecule has 0 radical (unpaired) electrons. The van der Waals surface area contributed by atoms with Crippen LogP contribution < -0.4 is 10.1 Å². The highest BCUT2D eigenvalue weighted by atomic mass is 32.1. The van der Waals surface area contributed by atoms with Crippen molar-refractivity contribution < 1.29 is 9.53 Å². The summed E-state index contributed by atoms with van der Waals surface area (Å²) < 4.78 is 7.96. The Kier molecular flexibility index (Phi) is 6.41. The number of imidazole rings is 1. The lowest BCUT2D eigenvalue weighted by Gasteiger charge is -2.24. The van der Waals surface area contributed by atoms with E-state index in [9.17, 15) is 4.79 Å². The largest absolute Gasteiger partial charge is 0.496 e. The molecule has 33 heavy (non-hydrogen) atoms. The van der Waals surface area contributed by atoms with Crippen LogP contribution in [-0.2, 0) is 19.3 Å². The van der Waals surface area contributed by atoms with Crippen molar-refractivity contribution in [3.05, 3.63) is 51.7 Å². The van der Waals surface area contributed by atoms with Gasteiger partial charge in [0.05, 0.1) is 23.4 Å². The van der Waals surface area contributed by atoms with Gasteiger partial charge in [-0.1, -0.05) is 34.6 Å². The van der Waals surface area contributed by atoms with Crippen LogP contribution in [0.15, 0.2) is 24.3 Å². The maximum Gasteiger partial charge on any atom is 0.271 e. The fourth-order valence-corrected chi connectivity index (χ4v) is 5.23. The van der Waals surface area contributed by atoms with Gasteiger partial charge in [-0.15, -0.1) is 11.3 Å². The van der Waals surface area contributed by atoms with Crippen LogP contribution in [0.5, 0.6) is 5.75 Å². The molecule has 1 aliphatic rings. The van der Waals surface area contributed by atoms with Crippen LogP contribution in [-0.4, -0.2) is 29.1 Å². The van der Waals surface area contributed by atoms with E-state index in [-0.39, 0.29) is 11.3 Å². The molecule has 1 N–H and O–H groups in total. The second-order valence-corrected chi connectivity index (χ2v) is 11.9. The molecule has 1 aliphatic heterocycles. The number of rotatable bonds is 6. The van der Waals surface area contributed by atoms with Crippen LogP contribution in [0.25, 0.3) is 16.4 Å². The fraction of sp³-hybridized carbons (Fsp3) is 0.481.